The predicted molar refractivity (Wildman–Crippen MR) is 85.2 cm³/mol. The third-order valence-electron chi connectivity index (χ3n) is 3.26. The highest BCUT2D eigenvalue weighted by atomic mass is 32.2. The van der Waals surface area contributed by atoms with Gasteiger partial charge in [0.1, 0.15) is 0 Å². The Balaban J connectivity index is 2.52. The second kappa shape index (κ2) is 8.26. The van der Waals surface area contributed by atoms with E-state index < -0.39 is 10.0 Å². The monoisotopic (exact) mass is 328 g/mol. The quantitative estimate of drug-likeness (QED) is 0.749. The lowest BCUT2D eigenvalue weighted by Crippen LogP contribution is -2.37. The first-order valence-corrected chi connectivity index (χ1v) is 8.60. The van der Waals surface area contributed by atoms with Gasteiger partial charge in [-0.3, -0.25) is 4.79 Å². The molecule has 0 spiro atoms. The lowest BCUT2D eigenvalue weighted by molar-refractivity contribution is -0.121. The molecule has 1 rings (SSSR count). The number of amides is 1. The summed E-state index contributed by atoms with van der Waals surface area (Å²) in [6.07, 6.45) is 0.0815. The number of sulfonamides is 1. The van der Waals surface area contributed by atoms with Gasteiger partial charge in [0.05, 0.1) is 11.5 Å². The number of methoxy groups -OCH3 is 1. The van der Waals surface area contributed by atoms with E-state index >= 15 is 0 Å². The van der Waals surface area contributed by atoms with Gasteiger partial charge in [0.2, 0.25) is 15.9 Å². The number of benzene rings is 1. The van der Waals surface area contributed by atoms with Gasteiger partial charge < -0.3 is 10.1 Å². The van der Waals surface area contributed by atoms with Gasteiger partial charge in [-0.1, -0.05) is 6.07 Å². The van der Waals surface area contributed by atoms with Crippen LogP contribution in [-0.2, 0) is 19.6 Å². The van der Waals surface area contributed by atoms with E-state index in [0.29, 0.717) is 6.61 Å². The Kier molecular flexibility index (Phi) is 6.99. The third-order valence-corrected chi connectivity index (χ3v) is 4.72. The predicted octanol–water partition coefficient (Wildman–Crippen LogP) is 1.12. The first-order valence-electron chi connectivity index (χ1n) is 7.11. The van der Waals surface area contributed by atoms with Gasteiger partial charge in [0, 0.05) is 26.1 Å². The molecule has 0 heterocycles. The Morgan fingerprint density at radius 2 is 1.95 bits per heavy atom. The average molecular weight is 328 g/mol. The van der Waals surface area contributed by atoms with Crippen molar-refractivity contribution in [2.75, 3.05) is 20.3 Å². The van der Waals surface area contributed by atoms with E-state index in [1.807, 2.05) is 20.8 Å². The number of ether oxygens (including phenoxy) is 1. The SMILES string of the molecule is COC[C@H](C)NC(=O)CCNS(=O)(=O)c1ccc(C)c(C)c1. The number of aryl methyl sites for hydroxylation is 2. The highest BCUT2D eigenvalue weighted by Gasteiger charge is 2.15. The summed E-state index contributed by atoms with van der Waals surface area (Å²) < 4.78 is 31.6. The number of nitrogens with one attached hydrogen (secondary N) is 2. The van der Waals surface area contributed by atoms with Gasteiger partial charge in [-0.25, -0.2) is 13.1 Å². The molecule has 0 radical (unpaired) electrons. The summed E-state index contributed by atoms with van der Waals surface area (Å²) in [6.45, 7) is 6.07. The fourth-order valence-electron chi connectivity index (χ4n) is 1.90. The zero-order valence-corrected chi connectivity index (χ0v) is 14.3. The average Bonchev–Trinajstić information content (AvgIpc) is 2.41. The van der Waals surface area contributed by atoms with Crippen LogP contribution in [0.3, 0.4) is 0 Å². The van der Waals surface area contributed by atoms with Crippen LogP contribution in [0.1, 0.15) is 24.5 Å². The number of hydrogen-bond acceptors (Lipinski definition) is 4. The van der Waals surface area contributed by atoms with Gasteiger partial charge in [-0.2, -0.15) is 0 Å². The first kappa shape index (κ1) is 18.6. The molecule has 0 aliphatic heterocycles. The van der Waals surface area contributed by atoms with E-state index in [1.165, 1.54) is 0 Å². The molecule has 2 N–H and O–H groups in total. The van der Waals surface area contributed by atoms with Crippen LogP contribution in [0.2, 0.25) is 0 Å². The molecule has 1 atom stereocenters. The molecular weight excluding hydrogens is 304 g/mol. The molecule has 6 nitrogen and oxygen atoms in total. The van der Waals surface area contributed by atoms with Crippen molar-refractivity contribution >= 4 is 15.9 Å². The van der Waals surface area contributed by atoms with E-state index in [9.17, 15) is 13.2 Å². The van der Waals surface area contributed by atoms with Crippen molar-refractivity contribution in [2.24, 2.45) is 0 Å². The molecule has 124 valence electrons. The fraction of sp³-hybridized carbons (Fsp3) is 0.533. The third kappa shape index (κ3) is 5.75. The Morgan fingerprint density at radius 1 is 1.27 bits per heavy atom. The molecular formula is C15H24N2O4S. The summed E-state index contributed by atoms with van der Waals surface area (Å²) in [5, 5.41) is 2.72. The second-order valence-electron chi connectivity index (χ2n) is 5.32. The van der Waals surface area contributed by atoms with E-state index in [2.05, 4.69) is 10.0 Å². The van der Waals surface area contributed by atoms with Crippen molar-refractivity contribution in [1.29, 1.82) is 0 Å². The van der Waals surface area contributed by atoms with Crippen molar-refractivity contribution in [3.05, 3.63) is 29.3 Å². The lowest BCUT2D eigenvalue weighted by atomic mass is 10.1. The van der Waals surface area contributed by atoms with Crippen molar-refractivity contribution in [3.63, 3.8) is 0 Å². The topological polar surface area (TPSA) is 84.5 Å². The Bertz CT molecular complexity index is 614. The van der Waals surface area contributed by atoms with Crippen LogP contribution >= 0.6 is 0 Å². The second-order valence-corrected chi connectivity index (χ2v) is 7.08. The maximum atomic E-state index is 12.1. The number of carbonyl (C=O) groups is 1. The number of rotatable bonds is 8. The minimum absolute atomic E-state index is 0.0563. The maximum Gasteiger partial charge on any atom is 0.240 e. The Hall–Kier alpha value is -1.44. The minimum atomic E-state index is -3.59. The smallest absolute Gasteiger partial charge is 0.240 e. The number of carbonyl (C=O) groups excluding carboxylic acids is 1. The van der Waals surface area contributed by atoms with Crippen molar-refractivity contribution in [3.8, 4) is 0 Å². The van der Waals surface area contributed by atoms with Gasteiger partial charge in [-0.15, -0.1) is 0 Å². The molecule has 0 aromatic heterocycles. The fourth-order valence-corrected chi connectivity index (χ4v) is 3.02. The van der Waals surface area contributed by atoms with E-state index in [4.69, 9.17) is 4.74 Å². The summed E-state index contributed by atoms with van der Waals surface area (Å²) in [5.74, 6) is -0.215. The van der Waals surface area contributed by atoms with Crippen molar-refractivity contribution in [2.45, 2.75) is 38.1 Å². The zero-order valence-electron chi connectivity index (χ0n) is 13.5. The molecule has 1 aromatic rings. The highest BCUT2D eigenvalue weighted by Crippen LogP contribution is 2.14. The zero-order chi connectivity index (χ0) is 16.8. The summed E-state index contributed by atoms with van der Waals surface area (Å²) >= 11 is 0. The molecule has 0 unspecified atom stereocenters. The molecule has 22 heavy (non-hydrogen) atoms. The summed E-state index contributed by atoms with van der Waals surface area (Å²) in [6, 6.07) is 4.85. The Morgan fingerprint density at radius 3 is 2.55 bits per heavy atom. The normalized spacial score (nSPS) is 12.9. The number of hydrogen-bond donors (Lipinski definition) is 2. The molecule has 0 saturated heterocycles. The largest absolute Gasteiger partial charge is 0.383 e. The van der Waals surface area contributed by atoms with Crippen LogP contribution in [0.5, 0.6) is 0 Å². The van der Waals surface area contributed by atoms with Crippen molar-refractivity contribution < 1.29 is 17.9 Å². The van der Waals surface area contributed by atoms with Crippen molar-refractivity contribution in [1.82, 2.24) is 10.0 Å². The van der Waals surface area contributed by atoms with E-state index in [1.54, 1.807) is 25.3 Å². The van der Waals surface area contributed by atoms with Crippen LogP contribution in [0.15, 0.2) is 23.1 Å². The molecule has 0 aliphatic rings. The summed E-state index contributed by atoms with van der Waals surface area (Å²) in [5.41, 5.74) is 1.94. The molecule has 1 amide bonds. The Labute approximate surface area is 132 Å². The van der Waals surface area contributed by atoms with E-state index in [-0.39, 0.29) is 29.8 Å². The molecule has 0 fully saturated rings. The van der Waals surface area contributed by atoms with Crippen LogP contribution in [-0.4, -0.2) is 40.6 Å². The van der Waals surface area contributed by atoms with Crippen LogP contribution < -0.4 is 10.0 Å². The van der Waals surface area contributed by atoms with Gasteiger partial charge in [0.15, 0.2) is 0 Å². The molecule has 1 aromatic carbocycles. The molecule has 0 bridgehead atoms. The van der Waals surface area contributed by atoms with Crippen LogP contribution in [0.25, 0.3) is 0 Å². The summed E-state index contributed by atoms with van der Waals surface area (Å²) in [4.78, 5) is 11.9. The standard InChI is InChI=1S/C15H24N2O4S/c1-11-5-6-14(9-12(11)2)22(19,20)16-8-7-15(18)17-13(3)10-21-4/h5-6,9,13,16H,7-8,10H2,1-4H3,(H,17,18)/t13-/m0/s1. The molecule has 0 aliphatic carbocycles. The van der Waals surface area contributed by atoms with Gasteiger partial charge in [-0.05, 0) is 44.0 Å². The van der Waals surface area contributed by atoms with Crippen LogP contribution in [0.4, 0.5) is 0 Å². The lowest BCUT2D eigenvalue weighted by Gasteiger charge is -2.13. The van der Waals surface area contributed by atoms with E-state index in [0.717, 1.165) is 11.1 Å². The van der Waals surface area contributed by atoms with Crippen LogP contribution in [0, 0.1) is 13.8 Å². The minimum Gasteiger partial charge on any atom is -0.383 e. The highest BCUT2D eigenvalue weighted by molar-refractivity contribution is 7.89. The van der Waals surface area contributed by atoms with Gasteiger partial charge in [0.25, 0.3) is 0 Å². The summed E-state index contributed by atoms with van der Waals surface area (Å²) in [7, 11) is -2.03. The van der Waals surface area contributed by atoms with Gasteiger partial charge >= 0.3 is 0 Å². The maximum absolute atomic E-state index is 12.1. The first-order chi connectivity index (χ1) is 10.3. The molecule has 7 heteroatoms. The molecule has 0 saturated carbocycles.